The van der Waals surface area contributed by atoms with Crippen LogP contribution in [0.4, 0.5) is 0 Å². The number of allylic oxidation sites excluding steroid dienone is 1. The zero-order valence-electron chi connectivity index (χ0n) is 13.0. The number of ketones is 2. The van der Waals surface area contributed by atoms with Crippen molar-refractivity contribution >= 4 is 35.3 Å². The molecule has 6 nitrogen and oxygen atoms in total. The van der Waals surface area contributed by atoms with E-state index in [0.29, 0.717) is 16.0 Å². The number of rotatable bonds is 2. The number of esters is 2. The Hall–Kier alpha value is -2.41. The molecular formula is C17H14O6S. The van der Waals surface area contributed by atoms with Crippen LogP contribution in [0, 0.1) is 11.8 Å². The lowest BCUT2D eigenvalue weighted by Crippen LogP contribution is -2.30. The van der Waals surface area contributed by atoms with Gasteiger partial charge in [-0.1, -0.05) is 24.3 Å². The molecule has 24 heavy (non-hydrogen) atoms. The molecule has 0 aromatic heterocycles. The molecule has 1 heterocycles. The molecule has 3 rings (SSSR count). The fraction of sp³-hybridized carbons (Fsp3) is 0.294. The fourth-order valence-corrected chi connectivity index (χ4v) is 4.46. The van der Waals surface area contributed by atoms with Crippen LogP contribution in [-0.2, 0) is 19.1 Å². The molecule has 7 heteroatoms. The van der Waals surface area contributed by atoms with Gasteiger partial charge in [0, 0.05) is 21.8 Å². The van der Waals surface area contributed by atoms with Crippen LogP contribution in [0.3, 0.4) is 0 Å². The Bertz CT molecular complexity index is 757. The molecule has 0 N–H and O–H groups in total. The summed E-state index contributed by atoms with van der Waals surface area (Å²) >= 11 is 1.16. The summed E-state index contributed by atoms with van der Waals surface area (Å²) in [6.07, 6.45) is 0. The second kappa shape index (κ2) is 6.24. The van der Waals surface area contributed by atoms with Gasteiger partial charge in [-0.05, 0) is 0 Å². The average Bonchev–Trinajstić information content (AvgIpc) is 3.14. The first-order valence-corrected chi connectivity index (χ1v) is 8.20. The summed E-state index contributed by atoms with van der Waals surface area (Å²) in [5, 5.41) is 0. The van der Waals surface area contributed by atoms with Crippen molar-refractivity contribution in [2.75, 3.05) is 20.0 Å². The fourth-order valence-electron chi connectivity index (χ4n) is 3.01. The van der Waals surface area contributed by atoms with Gasteiger partial charge in [-0.15, -0.1) is 11.8 Å². The number of Topliss-reactive ketones (excluding diaryl/α,β-unsaturated/α-hetero) is 2. The van der Waals surface area contributed by atoms with Crippen molar-refractivity contribution in [2.24, 2.45) is 11.8 Å². The minimum atomic E-state index is -0.996. The van der Waals surface area contributed by atoms with Crippen LogP contribution in [-0.4, -0.2) is 43.5 Å². The largest absolute Gasteiger partial charge is 0.469 e. The van der Waals surface area contributed by atoms with Crippen molar-refractivity contribution < 1.29 is 28.7 Å². The number of hydrogen-bond acceptors (Lipinski definition) is 7. The van der Waals surface area contributed by atoms with Crippen LogP contribution >= 0.6 is 11.8 Å². The van der Waals surface area contributed by atoms with Crippen LogP contribution in [0.5, 0.6) is 0 Å². The lowest BCUT2D eigenvalue weighted by Gasteiger charge is -2.16. The topological polar surface area (TPSA) is 86.7 Å². The zero-order valence-corrected chi connectivity index (χ0v) is 13.8. The van der Waals surface area contributed by atoms with E-state index < -0.39 is 35.3 Å². The van der Waals surface area contributed by atoms with Crippen molar-refractivity contribution in [1.82, 2.24) is 0 Å². The number of ether oxygens (including phenoxy) is 2. The summed E-state index contributed by atoms with van der Waals surface area (Å²) in [5.41, 5.74) is 0.592. The monoisotopic (exact) mass is 346 g/mol. The van der Waals surface area contributed by atoms with Crippen molar-refractivity contribution in [3.63, 3.8) is 0 Å². The van der Waals surface area contributed by atoms with Gasteiger partial charge in [0.05, 0.1) is 25.7 Å². The highest BCUT2D eigenvalue weighted by atomic mass is 32.2. The van der Waals surface area contributed by atoms with E-state index >= 15 is 0 Å². The maximum atomic E-state index is 12.6. The van der Waals surface area contributed by atoms with E-state index in [9.17, 15) is 19.2 Å². The summed E-state index contributed by atoms with van der Waals surface area (Å²) < 4.78 is 9.51. The molecule has 124 valence electrons. The summed E-state index contributed by atoms with van der Waals surface area (Å²) in [6, 6.07) is 6.50. The van der Waals surface area contributed by atoms with E-state index in [1.54, 1.807) is 24.3 Å². The molecular weight excluding hydrogens is 332 g/mol. The van der Waals surface area contributed by atoms with E-state index in [1.807, 2.05) is 0 Å². The first kappa shape index (κ1) is 16.4. The molecule has 0 radical (unpaired) electrons. The minimum absolute atomic E-state index is 0.0389. The second-order valence-electron chi connectivity index (χ2n) is 5.38. The molecule has 1 aliphatic carbocycles. The Balaban J connectivity index is 2.12. The predicted octanol–water partition coefficient (Wildman–Crippen LogP) is 1.64. The number of methoxy groups -OCH3 is 2. The van der Waals surface area contributed by atoms with Crippen LogP contribution < -0.4 is 0 Å². The number of hydrogen-bond donors (Lipinski definition) is 0. The highest BCUT2D eigenvalue weighted by Gasteiger charge is 2.48. The molecule has 2 atom stereocenters. The molecule has 0 unspecified atom stereocenters. The molecule has 0 spiro atoms. The number of benzene rings is 1. The van der Waals surface area contributed by atoms with Gasteiger partial charge >= 0.3 is 11.9 Å². The SMILES string of the molecule is COC(=O)[C@@H]1C(=C2C(=O)c3ccccc3C2=O)SC[C@H]1C(=O)OC. The molecule has 1 aliphatic heterocycles. The average molecular weight is 346 g/mol. The second-order valence-corrected chi connectivity index (χ2v) is 6.45. The smallest absolute Gasteiger partial charge is 0.314 e. The van der Waals surface area contributed by atoms with Crippen LogP contribution in [0.15, 0.2) is 34.7 Å². The van der Waals surface area contributed by atoms with Crippen molar-refractivity contribution in [2.45, 2.75) is 0 Å². The van der Waals surface area contributed by atoms with E-state index in [4.69, 9.17) is 9.47 Å². The number of carbonyl (C=O) groups excluding carboxylic acids is 4. The standard InChI is InChI=1S/C17H14O6S/c1-22-16(20)10-7-24-15(11(10)17(21)23-2)12-13(18)8-5-3-4-6-9(8)14(12)19/h3-6,10-11H,7H2,1-2H3/t10-,11+/m1/s1. The highest BCUT2D eigenvalue weighted by Crippen LogP contribution is 2.46. The Kier molecular flexibility index (Phi) is 4.28. The third-order valence-corrected chi connectivity index (χ3v) is 5.47. The maximum absolute atomic E-state index is 12.6. The first-order chi connectivity index (χ1) is 11.5. The maximum Gasteiger partial charge on any atom is 0.314 e. The van der Waals surface area contributed by atoms with Gasteiger partial charge in [-0.25, -0.2) is 0 Å². The normalized spacial score (nSPS) is 22.6. The molecule has 0 bridgehead atoms. The summed E-state index contributed by atoms with van der Waals surface area (Å²) in [5.74, 6) is -3.58. The molecule has 0 amide bonds. The van der Waals surface area contributed by atoms with E-state index in [2.05, 4.69) is 0 Å². The summed E-state index contributed by atoms with van der Waals surface area (Å²) in [6.45, 7) is 0. The number of fused-ring (bicyclic) bond motifs is 1. The number of carbonyl (C=O) groups is 4. The van der Waals surface area contributed by atoms with Crippen LogP contribution in [0.1, 0.15) is 20.7 Å². The predicted molar refractivity (Wildman–Crippen MR) is 85.6 cm³/mol. The van der Waals surface area contributed by atoms with E-state index in [-0.39, 0.29) is 11.3 Å². The van der Waals surface area contributed by atoms with Gasteiger partial charge in [0.25, 0.3) is 0 Å². The molecule has 1 fully saturated rings. The molecule has 2 aliphatic rings. The first-order valence-electron chi connectivity index (χ1n) is 7.22. The Morgan fingerprint density at radius 2 is 1.54 bits per heavy atom. The summed E-state index contributed by atoms with van der Waals surface area (Å²) in [4.78, 5) is 49.7. The van der Waals surface area contributed by atoms with Crippen LogP contribution in [0.2, 0.25) is 0 Å². The van der Waals surface area contributed by atoms with Gasteiger partial charge < -0.3 is 9.47 Å². The molecule has 1 aromatic rings. The van der Waals surface area contributed by atoms with Gasteiger partial charge in [0.1, 0.15) is 5.92 Å². The van der Waals surface area contributed by atoms with Gasteiger partial charge in [-0.2, -0.15) is 0 Å². The van der Waals surface area contributed by atoms with E-state index in [0.717, 1.165) is 11.8 Å². The van der Waals surface area contributed by atoms with Crippen LogP contribution in [0.25, 0.3) is 0 Å². The highest BCUT2D eigenvalue weighted by molar-refractivity contribution is 8.03. The van der Waals surface area contributed by atoms with Gasteiger partial charge in [0.2, 0.25) is 0 Å². The zero-order chi connectivity index (χ0) is 17.4. The quantitative estimate of drug-likeness (QED) is 0.457. The van der Waals surface area contributed by atoms with Crippen molar-refractivity contribution in [3.05, 3.63) is 45.9 Å². The molecule has 0 saturated carbocycles. The van der Waals surface area contributed by atoms with E-state index in [1.165, 1.54) is 14.2 Å². The number of thioether (sulfide) groups is 1. The van der Waals surface area contributed by atoms with Gasteiger partial charge in [0.15, 0.2) is 11.6 Å². The Morgan fingerprint density at radius 3 is 2.04 bits per heavy atom. The van der Waals surface area contributed by atoms with Crippen molar-refractivity contribution in [3.8, 4) is 0 Å². The third-order valence-electron chi connectivity index (χ3n) is 4.18. The summed E-state index contributed by atoms with van der Waals surface area (Å²) in [7, 11) is 2.43. The lowest BCUT2D eigenvalue weighted by molar-refractivity contribution is -0.154. The third kappa shape index (κ3) is 2.36. The minimum Gasteiger partial charge on any atom is -0.469 e. The van der Waals surface area contributed by atoms with Gasteiger partial charge in [-0.3, -0.25) is 19.2 Å². The Morgan fingerprint density at radius 1 is 1.00 bits per heavy atom. The molecule has 1 aromatic carbocycles. The van der Waals surface area contributed by atoms with Crippen molar-refractivity contribution in [1.29, 1.82) is 0 Å². The molecule has 1 saturated heterocycles. The Labute approximate surface area is 142 Å². The lowest BCUT2D eigenvalue weighted by atomic mass is 9.90.